The molecular formula is C20H23N3O2. The standard InChI is InChI=1S/C20H23N3O2/c1-15(2)23(13-16-12-21-14-22-16)17-7-6-8-18(11-17)25-20-10-5-4-9-19(20)24-3/h4-12,14-15H,13H2,1-3H3,(H,21,22). The molecule has 0 bridgehead atoms. The minimum atomic E-state index is 0.338. The lowest BCUT2D eigenvalue weighted by molar-refractivity contribution is 0.379. The highest BCUT2D eigenvalue weighted by atomic mass is 16.5. The van der Waals surface area contributed by atoms with Crippen LogP contribution < -0.4 is 14.4 Å². The molecule has 0 fully saturated rings. The molecule has 0 saturated carbocycles. The molecule has 0 unspecified atom stereocenters. The lowest BCUT2D eigenvalue weighted by atomic mass is 10.2. The van der Waals surface area contributed by atoms with Crippen molar-refractivity contribution in [3.05, 3.63) is 66.7 Å². The fourth-order valence-electron chi connectivity index (χ4n) is 2.68. The highest BCUT2D eigenvalue weighted by Gasteiger charge is 2.13. The summed E-state index contributed by atoms with van der Waals surface area (Å²) in [5, 5.41) is 0. The van der Waals surface area contributed by atoms with Crippen molar-refractivity contribution >= 4 is 5.69 Å². The van der Waals surface area contributed by atoms with Gasteiger partial charge in [-0.15, -0.1) is 0 Å². The van der Waals surface area contributed by atoms with Crippen LogP contribution in [0.3, 0.4) is 0 Å². The van der Waals surface area contributed by atoms with Gasteiger partial charge in [0, 0.05) is 24.0 Å². The number of anilines is 1. The van der Waals surface area contributed by atoms with Gasteiger partial charge in [0.05, 0.1) is 25.7 Å². The third kappa shape index (κ3) is 4.12. The van der Waals surface area contributed by atoms with E-state index in [2.05, 4.69) is 34.8 Å². The van der Waals surface area contributed by atoms with Crippen LogP contribution in [0.4, 0.5) is 5.69 Å². The molecule has 0 aliphatic carbocycles. The number of nitrogens with zero attached hydrogens (tertiary/aromatic N) is 2. The molecule has 0 amide bonds. The number of nitrogens with one attached hydrogen (secondary N) is 1. The number of H-pyrrole nitrogens is 1. The average Bonchev–Trinajstić information content (AvgIpc) is 3.13. The maximum absolute atomic E-state index is 6.03. The van der Waals surface area contributed by atoms with Gasteiger partial charge in [-0.05, 0) is 38.1 Å². The van der Waals surface area contributed by atoms with E-state index in [1.165, 1.54) is 0 Å². The van der Waals surface area contributed by atoms with E-state index in [1.807, 2.05) is 48.7 Å². The summed E-state index contributed by atoms with van der Waals surface area (Å²) in [6.45, 7) is 5.10. The summed E-state index contributed by atoms with van der Waals surface area (Å²) in [6, 6.07) is 16.1. The topological polar surface area (TPSA) is 50.4 Å². The van der Waals surface area contributed by atoms with Crippen molar-refractivity contribution in [1.29, 1.82) is 0 Å². The Hall–Kier alpha value is -2.95. The number of methoxy groups -OCH3 is 1. The zero-order chi connectivity index (χ0) is 17.6. The first-order valence-electron chi connectivity index (χ1n) is 8.32. The molecule has 0 saturated heterocycles. The molecule has 5 heteroatoms. The summed E-state index contributed by atoms with van der Waals surface area (Å²) >= 11 is 0. The highest BCUT2D eigenvalue weighted by molar-refractivity contribution is 5.53. The number of para-hydroxylation sites is 2. The van der Waals surface area contributed by atoms with Crippen LogP contribution in [0.5, 0.6) is 17.2 Å². The predicted molar refractivity (Wildman–Crippen MR) is 99.4 cm³/mol. The van der Waals surface area contributed by atoms with Crippen LogP contribution in [-0.2, 0) is 6.54 Å². The lowest BCUT2D eigenvalue weighted by Crippen LogP contribution is -2.30. The van der Waals surface area contributed by atoms with Crippen LogP contribution in [0, 0.1) is 0 Å². The van der Waals surface area contributed by atoms with Gasteiger partial charge in [-0.25, -0.2) is 4.98 Å². The van der Waals surface area contributed by atoms with Crippen LogP contribution >= 0.6 is 0 Å². The van der Waals surface area contributed by atoms with Crippen molar-refractivity contribution in [1.82, 2.24) is 9.97 Å². The number of aromatic amines is 1. The zero-order valence-electron chi connectivity index (χ0n) is 14.8. The number of ether oxygens (including phenoxy) is 2. The summed E-state index contributed by atoms with van der Waals surface area (Å²) in [5.41, 5.74) is 2.17. The second kappa shape index (κ2) is 7.75. The average molecular weight is 337 g/mol. The third-order valence-electron chi connectivity index (χ3n) is 3.97. The normalized spacial score (nSPS) is 10.7. The number of hydrogen-bond donors (Lipinski definition) is 1. The van der Waals surface area contributed by atoms with Crippen molar-refractivity contribution in [3.63, 3.8) is 0 Å². The number of imidazole rings is 1. The Morgan fingerprint density at radius 1 is 1.08 bits per heavy atom. The van der Waals surface area contributed by atoms with Crippen LogP contribution in [0.15, 0.2) is 61.1 Å². The Balaban J connectivity index is 1.84. The Morgan fingerprint density at radius 3 is 2.56 bits per heavy atom. The molecule has 130 valence electrons. The van der Waals surface area contributed by atoms with E-state index in [9.17, 15) is 0 Å². The molecule has 1 heterocycles. The van der Waals surface area contributed by atoms with E-state index in [0.717, 1.165) is 23.7 Å². The first-order valence-corrected chi connectivity index (χ1v) is 8.32. The predicted octanol–water partition coefficient (Wildman–Crippen LogP) is 4.63. The number of benzene rings is 2. The molecule has 3 rings (SSSR count). The first kappa shape index (κ1) is 16.9. The molecule has 0 spiro atoms. The largest absolute Gasteiger partial charge is 0.493 e. The minimum Gasteiger partial charge on any atom is -0.493 e. The maximum Gasteiger partial charge on any atom is 0.169 e. The van der Waals surface area contributed by atoms with Gasteiger partial charge < -0.3 is 19.4 Å². The Bertz CT molecular complexity index is 800. The molecule has 5 nitrogen and oxygen atoms in total. The van der Waals surface area contributed by atoms with Crippen molar-refractivity contribution in [2.24, 2.45) is 0 Å². The maximum atomic E-state index is 6.03. The number of hydrogen-bond acceptors (Lipinski definition) is 4. The van der Waals surface area contributed by atoms with E-state index in [1.54, 1.807) is 13.4 Å². The lowest BCUT2D eigenvalue weighted by Gasteiger charge is -2.28. The summed E-state index contributed by atoms with van der Waals surface area (Å²) in [7, 11) is 1.64. The number of aromatic nitrogens is 2. The second-order valence-corrected chi connectivity index (χ2v) is 6.05. The fraction of sp³-hybridized carbons (Fsp3) is 0.250. The molecule has 0 radical (unpaired) electrons. The quantitative estimate of drug-likeness (QED) is 0.683. The smallest absolute Gasteiger partial charge is 0.169 e. The van der Waals surface area contributed by atoms with Crippen LogP contribution in [-0.4, -0.2) is 23.1 Å². The molecule has 25 heavy (non-hydrogen) atoms. The molecule has 1 N–H and O–H groups in total. The van der Waals surface area contributed by atoms with Crippen molar-refractivity contribution < 1.29 is 9.47 Å². The second-order valence-electron chi connectivity index (χ2n) is 6.05. The van der Waals surface area contributed by atoms with Gasteiger partial charge in [0.1, 0.15) is 5.75 Å². The van der Waals surface area contributed by atoms with Gasteiger partial charge in [0.15, 0.2) is 11.5 Å². The van der Waals surface area contributed by atoms with Crippen molar-refractivity contribution in [2.45, 2.75) is 26.4 Å². The molecule has 1 aromatic heterocycles. The van der Waals surface area contributed by atoms with E-state index in [0.29, 0.717) is 17.5 Å². The van der Waals surface area contributed by atoms with Crippen LogP contribution in [0.2, 0.25) is 0 Å². The van der Waals surface area contributed by atoms with Gasteiger partial charge in [-0.3, -0.25) is 0 Å². The van der Waals surface area contributed by atoms with Gasteiger partial charge in [0.2, 0.25) is 0 Å². The first-order chi connectivity index (χ1) is 12.2. The number of rotatable bonds is 7. The summed E-state index contributed by atoms with van der Waals surface area (Å²) in [6.07, 6.45) is 3.56. The third-order valence-corrected chi connectivity index (χ3v) is 3.97. The van der Waals surface area contributed by atoms with E-state index in [4.69, 9.17) is 9.47 Å². The van der Waals surface area contributed by atoms with Gasteiger partial charge in [-0.1, -0.05) is 18.2 Å². The summed E-state index contributed by atoms with van der Waals surface area (Å²) < 4.78 is 11.4. The molecule has 3 aromatic rings. The Morgan fingerprint density at radius 2 is 1.88 bits per heavy atom. The van der Waals surface area contributed by atoms with E-state index in [-0.39, 0.29) is 0 Å². The van der Waals surface area contributed by atoms with Crippen molar-refractivity contribution in [3.8, 4) is 17.2 Å². The summed E-state index contributed by atoms with van der Waals surface area (Å²) in [4.78, 5) is 9.56. The summed E-state index contributed by atoms with van der Waals surface area (Å²) in [5.74, 6) is 2.19. The van der Waals surface area contributed by atoms with Gasteiger partial charge >= 0.3 is 0 Å². The van der Waals surface area contributed by atoms with E-state index >= 15 is 0 Å². The fourth-order valence-corrected chi connectivity index (χ4v) is 2.68. The van der Waals surface area contributed by atoms with Gasteiger partial charge in [0.25, 0.3) is 0 Å². The highest BCUT2D eigenvalue weighted by Crippen LogP contribution is 2.33. The van der Waals surface area contributed by atoms with Crippen molar-refractivity contribution in [2.75, 3.05) is 12.0 Å². The molecular weight excluding hydrogens is 314 g/mol. The zero-order valence-corrected chi connectivity index (χ0v) is 14.8. The SMILES string of the molecule is COc1ccccc1Oc1cccc(N(Cc2cnc[nH]2)C(C)C)c1. The monoisotopic (exact) mass is 337 g/mol. The van der Waals surface area contributed by atoms with E-state index < -0.39 is 0 Å². The molecule has 0 aliphatic heterocycles. The van der Waals surface area contributed by atoms with Crippen LogP contribution in [0.25, 0.3) is 0 Å². The Kier molecular flexibility index (Phi) is 5.23. The van der Waals surface area contributed by atoms with Gasteiger partial charge in [-0.2, -0.15) is 0 Å². The molecule has 2 aromatic carbocycles. The molecule has 0 aliphatic rings. The minimum absolute atomic E-state index is 0.338. The van der Waals surface area contributed by atoms with Crippen LogP contribution in [0.1, 0.15) is 19.5 Å². The molecule has 0 atom stereocenters. The Labute approximate surface area is 148 Å².